The monoisotopic (exact) mass is 493 g/mol. The molecule has 0 radical (unpaired) electrons. The van der Waals surface area contributed by atoms with E-state index < -0.39 is 0 Å². The molecular weight excluding hydrogens is 474 g/mol. The van der Waals surface area contributed by atoms with Crippen molar-refractivity contribution in [2.24, 2.45) is 0 Å². The molecule has 7 aromatic rings. The van der Waals surface area contributed by atoms with Crippen molar-refractivity contribution in [3.8, 4) is 33.9 Å². The molecule has 37 heavy (non-hydrogen) atoms. The fourth-order valence-corrected chi connectivity index (χ4v) is 5.27. The Morgan fingerprint density at radius 1 is 0.405 bits per heavy atom. The van der Waals surface area contributed by atoms with Gasteiger partial charge in [-0.25, -0.2) is 4.98 Å². The standard InChI is InChI=1S/C33H20ClN3/c34-33-36-31(28-16-8-12-22-17-18-23(19-29(22)28)21-9-2-1-3-10-21)35-32(37-33)30-20-24-11-4-5-13-25(24)26-14-6-7-15-27(26)30/h1-20H. The lowest BCUT2D eigenvalue weighted by Crippen LogP contribution is -1.98. The summed E-state index contributed by atoms with van der Waals surface area (Å²) in [6.07, 6.45) is 0. The molecule has 0 aliphatic rings. The Bertz CT molecular complexity index is 1950. The van der Waals surface area contributed by atoms with Crippen LogP contribution in [0.4, 0.5) is 0 Å². The van der Waals surface area contributed by atoms with Crippen molar-refractivity contribution in [1.29, 1.82) is 0 Å². The van der Waals surface area contributed by atoms with Gasteiger partial charge in [0.15, 0.2) is 11.6 Å². The predicted molar refractivity (Wildman–Crippen MR) is 154 cm³/mol. The van der Waals surface area contributed by atoms with Gasteiger partial charge in [0.25, 0.3) is 0 Å². The van der Waals surface area contributed by atoms with Crippen LogP contribution in [0.5, 0.6) is 0 Å². The van der Waals surface area contributed by atoms with Crippen molar-refractivity contribution in [3.05, 3.63) is 127 Å². The van der Waals surface area contributed by atoms with E-state index in [0.717, 1.165) is 49.2 Å². The first-order valence-electron chi connectivity index (χ1n) is 12.2. The summed E-state index contributed by atoms with van der Waals surface area (Å²) in [5.74, 6) is 1.12. The molecule has 0 atom stereocenters. The summed E-state index contributed by atoms with van der Waals surface area (Å²) in [5.41, 5.74) is 4.16. The van der Waals surface area contributed by atoms with Crippen molar-refractivity contribution in [2.45, 2.75) is 0 Å². The summed E-state index contributed by atoms with van der Waals surface area (Å²) in [7, 11) is 0. The predicted octanol–water partition coefficient (Wildman–Crippen LogP) is 8.99. The van der Waals surface area contributed by atoms with Gasteiger partial charge in [-0.3, -0.25) is 0 Å². The Morgan fingerprint density at radius 2 is 1.08 bits per heavy atom. The molecule has 0 aliphatic carbocycles. The smallest absolute Gasteiger partial charge is 0.208 e. The van der Waals surface area contributed by atoms with Gasteiger partial charge in [-0.05, 0) is 67.2 Å². The quantitative estimate of drug-likeness (QED) is 0.230. The third-order valence-corrected chi connectivity index (χ3v) is 7.02. The minimum absolute atomic E-state index is 0.174. The molecule has 1 aromatic heterocycles. The molecule has 4 heteroatoms. The molecule has 0 spiro atoms. The van der Waals surface area contributed by atoms with Gasteiger partial charge in [-0.2, -0.15) is 9.97 Å². The van der Waals surface area contributed by atoms with E-state index in [0.29, 0.717) is 11.6 Å². The lowest BCUT2D eigenvalue weighted by molar-refractivity contribution is 1.07. The van der Waals surface area contributed by atoms with E-state index in [9.17, 15) is 0 Å². The molecule has 1 heterocycles. The topological polar surface area (TPSA) is 38.7 Å². The first-order valence-corrected chi connectivity index (χ1v) is 12.5. The number of hydrogen-bond donors (Lipinski definition) is 0. The average molecular weight is 494 g/mol. The summed E-state index contributed by atoms with van der Waals surface area (Å²) in [5, 5.41) is 6.93. The highest BCUT2D eigenvalue weighted by Gasteiger charge is 2.16. The fraction of sp³-hybridized carbons (Fsp3) is 0. The highest BCUT2D eigenvalue weighted by Crippen LogP contribution is 2.36. The highest BCUT2D eigenvalue weighted by molar-refractivity contribution is 6.28. The zero-order valence-electron chi connectivity index (χ0n) is 19.8. The van der Waals surface area contributed by atoms with Crippen LogP contribution in [-0.4, -0.2) is 15.0 Å². The zero-order valence-corrected chi connectivity index (χ0v) is 20.5. The second-order valence-corrected chi connectivity index (χ2v) is 9.39. The molecule has 7 rings (SSSR count). The van der Waals surface area contributed by atoms with Crippen molar-refractivity contribution >= 4 is 43.9 Å². The third kappa shape index (κ3) is 3.81. The Morgan fingerprint density at radius 3 is 1.92 bits per heavy atom. The number of aromatic nitrogens is 3. The van der Waals surface area contributed by atoms with E-state index in [2.05, 4.69) is 101 Å². The maximum atomic E-state index is 6.54. The van der Waals surface area contributed by atoms with E-state index in [1.54, 1.807) is 0 Å². The lowest BCUT2D eigenvalue weighted by atomic mass is 9.96. The van der Waals surface area contributed by atoms with E-state index in [1.807, 2.05) is 30.3 Å². The molecule has 174 valence electrons. The summed E-state index contributed by atoms with van der Waals surface area (Å²) < 4.78 is 0. The minimum Gasteiger partial charge on any atom is -0.208 e. The number of hydrogen-bond acceptors (Lipinski definition) is 3. The first-order chi connectivity index (χ1) is 18.2. The van der Waals surface area contributed by atoms with Gasteiger partial charge in [0, 0.05) is 11.1 Å². The van der Waals surface area contributed by atoms with Crippen LogP contribution in [0.1, 0.15) is 0 Å². The van der Waals surface area contributed by atoms with E-state index >= 15 is 0 Å². The molecular formula is C33H20ClN3. The van der Waals surface area contributed by atoms with Crippen molar-refractivity contribution < 1.29 is 0 Å². The summed E-state index contributed by atoms with van der Waals surface area (Å²) in [4.78, 5) is 14.1. The Labute approximate surface area is 219 Å². The van der Waals surface area contributed by atoms with Crippen LogP contribution in [-0.2, 0) is 0 Å². The molecule has 3 nitrogen and oxygen atoms in total. The number of benzene rings is 6. The normalized spacial score (nSPS) is 11.4. The SMILES string of the molecule is Clc1nc(-c2cccc3ccc(-c4ccccc4)cc23)nc(-c2cc3ccccc3c3ccccc23)n1. The highest BCUT2D eigenvalue weighted by atomic mass is 35.5. The van der Waals surface area contributed by atoms with Gasteiger partial charge >= 0.3 is 0 Å². The molecule has 0 unspecified atom stereocenters. The molecule has 6 aromatic carbocycles. The van der Waals surface area contributed by atoms with E-state index in [-0.39, 0.29) is 5.28 Å². The van der Waals surface area contributed by atoms with Gasteiger partial charge in [-0.15, -0.1) is 0 Å². The van der Waals surface area contributed by atoms with Crippen LogP contribution < -0.4 is 0 Å². The molecule has 0 amide bonds. The minimum atomic E-state index is 0.174. The van der Waals surface area contributed by atoms with Crippen LogP contribution in [0.3, 0.4) is 0 Å². The maximum Gasteiger partial charge on any atom is 0.226 e. The van der Waals surface area contributed by atoms with Crippen molar-refractivity contribution in [1.82, 2.24) is 15.0 Å². The van der Waals surface area contributed by atoms with E-state index in [1.165, 1.54) is 5.39 Å². The molecule has 0 aliphatic heterocycles. The first kappa shape index (κ1) is 21.7. The number of fused-ring (bicyclic) bond motifs is 4. The summed E-state index contributed by atoms with van der Waals surface area (Å²) >= 11 is 6.54. The maximum absolute atomic E-state index is 6.54. The lowest BCUT2D eigenvalue weighted by Gasteiger charge is -2.12. The number of rotatable bonds is 3. The van der Waals surface area contributed by atoms with Crippen LogP contribution in [0, 0.1) is 0 Å². The Balaban J connectivity index is 1.46. The van der Waals surface area contributed by atoms with Gasteiger partial charge < -0.3 is 0 Å². The van der Waals surface area contributed by atoms with Crippen LogP contribution in [0.15, 0.2) is 121 Å². The fourth-order valence-electron chi connectivity index (χ4n) is 5.11. The number of halogens is 1. The van der Waals surface area contributed by atoms with Crippen LogP contribution in [0.25, 0.3) is 66.2 Å². The van der Waals surface area contributed by atoms with Crippen molar-refractivity contribution in [3.63, 3.8) is 0 Å². The van der Waals surface area contributed by atoms with Crippen LogP contribution >= 0.6 is 11.6 Å². The molecule has 0 saturated heterocycles. The van der Waals surface area contributed by atoms with Crippen LogP contribution in [0.2, 0.25) is 5.28 Å². The molecule has 0 bridgehead atoms. The summed E-state index contributed by atoms with van der Waals surface area (Å²) in [6, 6.07) is 41.9. The molecule has 0 N–H and O–H groups in total. The molecule has 0 saturated carbocycles. The van der Waals surface area contributed by atoms with E-state index in [4.69, 9.17) is 16.6 Å². The van der Waals surface area contributed by atoms with Gasteiger partial charge in [-0.1, -0.05) is 109 Å². The number of nitrogens with zero attached hydrogens (tertiary/aromatic N) is 3. The van der Waals surface area contributed by atoms with Gasteiger partial charge in [0.2, 0.25) is 5.28 Å². The Kier molecular flexibility index (Phi) is 5.16. The zero-order chi connectivity index (χ0) is 24.8. The third-order valence-electron chi connectivity index (χ3n) is 6.85. The average Bonchev–Trinajstić information content (AvgIpc) is 2.96. The van der Waals surface area contributed by atoms with Gasteiger partial charge in [0.1, 0.15) is 0 Å². The second kappa shape index (κ2) is 8.81. The van der Waals surface area contributed by atoms with Crippen molar-refractivity contribution in [2.75, 3.05) is 0 Å². The molecule has 0 fully saturated rings. The second-order valence-electron chi connectivity index (χ2n) is 9.05. The summed E-state index contributed by atoms with van der Waals surface area (Å²) in [6.45, 7) is 0. The largest absolute Gasteiger partial charge is 0.226 e. The Hall–Kier alpha value is -4.60. The van der Waals surface area contributed by atoms with Gasteiger partial charge in [0.05, 0.1) is 0 Å².